The number of urea groups is 1. The van der Waals surface area contributed by atoms with Gasteiger partial charge in [-0.2, -0.15) is 0 Å². The summed E-state index contributed by atoms with van der Waals surface area (Å²) in [6, 6.07) is 12.5. The number of carbonyl (C=O) groups excluding carboxylic acids is 1. The summed E-state index contributed by atoms with van der Waals surface area (Å²) in [5, 5.41) is 17.5. The van der Waals surface area contributed by atoms with Crippen LogP contribution in [0.5, 0.6) is 0 Å². The number of nitrogens with zero attached hydrogens (tertiary/aromatic N) is 4. The van der Waals surface area contributed by atoms with E-state index in [1.165, 1.54) is 6.33 Å². The fourth-order valence-electron chi connectivity index (χ4n) is 2.40. The third kappa shape index (κ3) is 4.13. The Morgan fingerprint density at radius 2 is 1.96 bits per heavy atom. The Morgan fingerprint density at radius 1 is 1.20 bits per heavy atom. The van der Waals surface area contributed by atoms with Crippen molar-refractivity contribution < 1.29 is 4.79 Å². The molecule has 3 rings (SSSR count). The molecule has 0 bridgehead atoms. The number of halogens is 1. The Morgan fingerprint density at radius 3 is 2.64 bits per heavy atom. The maximum absolute atomic E-state index is 12.3. The monoisotopic (exact) mass is 356 g/mol. The van der Waals surface area contributed by atoms with Gasteiger partial charge in [0.2, 0.25) is 0 Å². The first-order valence-corrected chi connectivity index (χ1v) is 8.08. The molecule has 0 aliphatic carbocycles. The molecule has 1 atom stereocenters. The van der Waals surface area contributed by atoms with Gasteiger partial charge in [-0.3, -0.25) is 0 Å². The van der Waals surface area contributed by atoms with Crippen molar-refractivity contribution in [3.63, 3.8) is 0 Å². The van der Waals surface area contributed by atoms with E-state index >= 15 is 0 Å². The van der Waals surface area contributed by atoms with Crippen LogP contribution in [-0.2, 0) is 0 Å². The number of anilines is 1. The topological polar surface area (TPSA) is 84.7 Å². The second-order valence-corrected chi connectivity index (χ2v) is 6.06. The minimum atomic E-state index is -0.297. The van der Waals surface area contributed by atoms with Crippen molar-refractivity contribution >= 4 is 23.3 Å². The van der Waals surface area contributed by atoms with Crippen molar-refractivity contribution in [1.29, 1.82) is 0 Å². The van der Waals surface area contributed by atoms with Crippen molar-refractivity contribution in [3.05, 3.63) is 64.9 Å². The number of nitrogens with one attached hydrogen (secondary N) is 2. The van der Waals surface area contributed by atoms with E-state index < -0.39 is 0 Å². The van der Waals surface area contributed by atoms with Gasteiger partial charge in [0.05, 0.1) is 11.7 Å². The van der Waals surface area contributed by atoms with Crippen LogP contribution in [0.25, 0.3) is 5.69 Å². The molecular formula is C17H17ClN6O. The van der Waals surface area contributed by atoms with Gasteiger partial charge in [0.1, 0.15) is 6.33 Å². The summed E-state index contributed by atoms with van der Waals surface area (Å²) < 4.78 is 1.55. The molecule has 25 heavy (non-hydrogen) atoms. The van der Waals surface area contributed by atoms with Gasteiger partial charge >= 0.3 is 6.03 Å². The summed E-state index contributed by atoms with van der Waals surface area (Å²) in [4.78, 5) is 12.3. The molecule has 7 nitrogen and oxygen atoms in total. The van der Waals surface area contributed by atoms with Gasteiger partial charge in [-0.15, -0.1) is 5.10 Å². The normalized spacial score (nSPS) is 11.8. The largest absolute Gasteiger partial charge is 0.331 e. The first kappa shape index (κ1) is 16.9. The van der Waals surface area contributed by atoms with Gasteiger partial charge in [-0.1, -0.05) is 29.8 Å². The molecule has 1 heterocycles. The Kier molecular flexibility index (Phi) is 4.95. The predicted molar refractivity (Wildman–Crippen MR) is 95.9 cm³/mol. The molecule has 8 heteroatoms. The highest BCUT2D eigenvalue weighted by Crippen LogP contribution is 2.19. The van der Waals surface area contributed by atoms with Crippen molar-refractivity contribution in [1.82, 2.24) is 25.5 Å². The van der Waals surface area contributed by atoms with Crippen LogP contribution in [0.15, 0.2) is 48.8 Å². The minimum absolute atomic E-state index is 0.151. The summed E-state index contributed by atoms with van der Waals surface area (Å²) in [5.74, 6) is 0. The van der Waals surface area contributed by atoms with Gasteiger partial charge < -0.3 is 10.6 Å². The van der Waals surface area contributed by atoms with Gasteiger partial charge in [0.25, 0.3) is 0 Å². The summed E-state index contributed by atoms with van der Waals surface area (Å²) >= 11 is 5.88. The quantitative estimate of drug-likeness (QED) is 0.749. The molecular weight excluding hydrogens is 340 g/mol. The molecule has 0 saturated carbocycles. The first-order chi connectivity index (χ1) is 12.0. The summed E-state index contributed by atoms with van der Waals surface area (Å²) in [5.41, 5.74) is 3.41. The summed E-state index contributed by atoms with van der Waals surface area (Å²) in [6.07, 6.45) is 1.51. The van der Waals surface area contributed by atoms with Crippen LogP contribution >= 0.6 is 11.6 Å². The number of rotatable bonds is 4. The van der Waals surface area contributed by atoms with E-state index in [0.717, 1.165) is 16.8 Å². The molecule has 0 radical (unpaired) electrons. The lowest BCUT2D eigenvalue weighted by atomic mass is 10.1. The Labute approximate surface area is 150 Å². The lowest BCUT2D eigenvalue weighted by Gasteiger charge is -2.16. The van der Waals surface area contributed by atoms with E-state index in [1.54, 1.807) is 16.8 Å². The Bertz CT molecular complexity index is 863. The van der Waals surface area contributed by atoms with E-state index in [0.29, 0.717) is 10.7 Å². The van der Waals surface area contributed by atoms with E-state index in [9.17, 15) is 4.79 Å². The molecule has 0 aliphatic heterocycles. The second kappa shape index (κ2) is 7.31. The number of amides is 2. The van der Waals surface area contributed by atoms with Gasteiger partial charge in [0, 0.05) is 10.7 Å². The van der Waals surface area contributed by atoms with E-state index in [1.807, 2.05) is 44.2 Å². The zero-order valence-corrected chi connectivity index (χ0v) is 14.5. The summed E-state index contributed by atoms with van der Waals surface area (Å²) in [6.45, 7) is 3.86. The molecule has 0 saturated heterocycles. The van der Waals surface area contributed by atoms with Crippen LogP contribution in [0, 0.1) is 6.92 Å². The smallest absolute Gasteiger partial charge is 0.319 e. The number of hydrogen-bond acceptors (Lipinski definition) is 4. The van der Waals surface area contributed by atoms with Crippen LogP contribution in [0.1, 0.15) is 24.1 Å². The molecule has 0 fully saturated rings. The third-order valence-electron chi connectivity index (χ3n) is 3.78. The fraction of sp³-hybridized carbons (Fsp3) is 0.176. The minimum Gasteiger partial charge on any atom is -0.331 e. The van der Waals surface area contributed by atoms with E-state index in [-0.39, 0.29) is 12.1 Å². The van der Waals surface area contributed by atoms with Crippen LogP contribution < -0.4 is 10.6 Å². The zero-order chi connectivity index (χ0) is 17.8. The Balaban J connectivity index is 1.69. The van der Waals surface area contributed by atoms with Gasteiger partial charge in [-0.05, 0) is 59.7 Å². The molecule has 2 amide bonds. The Hall–Kier alpha value is -2.93. The molecule has 128 valence electrons. The number of benzene rings is 2. The average Bonchev–Trinajstić information content (AvgIpc) is 3.11. The van der Waals surface area contributed by atoms with Crippen molar-refractivity contribution in [2.45, 2.75) is 19.9 Å². The predicted octanol–water partition coefficient (Wildman–Crippen LogP) is 3.51. The highest BCUT2D eigenvalue weighted by Gasteiger charge is 2.11. The fourth-order valence-corrected chi connectivity index (χ4v) is 2.53. The lowest BCUT2D eigenvalue weighted by molar-refractivity contribution is 0.249. The number of aromatic nitrogens is 4. The highest BCUT2D eigenvalue weighted by atomic mass is 35.5. The molecule has 2 N–H and O–H groups in total. The number of tetrazole rings is 1. The maximum atomic E-state index is 12.3. The molecule has 1 aromatic heterocycles. The highest BCUT2D eigenvalue weighted by molar-refractivity contribution is 6.30. The number of carbonyl (C=O) groups is 1. The van der Waals surface area contributed by atoms with Crippen molar-refractivity contribution in [2.24, 2.45) is 0 Å². The average molecular weight is 357 g/mol. The van der Waals surface area contributed by atoms with E-state index in [2.05, 4.69) is 26.2 Å². The maximum Gasteiger partial charge on any atom is 0.319 e. The molecule has 1 unspecified atom stereocenters. The standard InChI is InChI=1S/C17H17ClN6O/c1-11-3-8-15(9-16(11)24-10-19-22-23-24)21-17(25)20-12(2)13-4-6-14(18)7-5-13/h3-10,12H,1-2H3,(H2,20,21,25). The first-order valence-electron chi connectivity index (χ1n) is 7.70. The zero-order valence-electron chi connectivity index (χ0n) is 13.8. The van der Waals surface area contributed by atoms with Crippen LogP contribution in [0.4, 0.5) is 10.5 Å². The van der Waals surface area contributed by atoms with Crippen molar-refractivity contribution in [3.8, 4) is 5.69 Å². The molecule has 3 aromatic rings. The SMILES string of the molecule is Cc1ccc(NC(=O)NC(C)c2ccc(Cl)cc2)cc1-n1cnnn1. The lowest BCUT2D eigenvalue weighted by Crippen LogP contribution is -2.31. The summed E-state index contributed by atoms with van der Waals surface area (Å²) in [7, 11) is 0. The van der Waals surface area contributed by atoms with E-state index in [4.69, 9.17) is 11.6 Å². The van der Waals surface area contributed by atoms with Gasteiger partial charge in [-0.25, -0.2) is 9.48 Å². The van der Waals surface area contributed by atoms with Crippen LogP contribution in [-0.4, -0.2) is 26.2 Å². The third-order valence-corrected chi connectivity index (χ3v) is 4.03. The van der Waals surface area contributed by atoms with Crippen LogP contribution in [0.3, 0.4) is 0 Å². The molecule has 0 spiro atoms. The second-order valence-electron chi connectivity index (χ2n) is 5.63. The number of aryl methyl sites for hydroxylation is 1. The molecule has 0 aliphatic rings. The molecule has 2 aromatic carbocycles. The number of hydrogen-bond donors (Lipinski definition) is 2. The van der Waals surface area contributed by atoms with Crippen LogP contribution in [0.2, 0.25) is 5.02 Å². The van der Waals surface area contributed by atoms with Gasteiger partial charge in [0.15, 0.2) is 0 Å². The van der Waals surface area contributed by atoms with Crippen molar-refractivity contribution in [2.75, 3.05) is 5.32 Å².